The predicted molar refractivity (Wildman–Crippen MR) is 306 cm³/mol. The zero-order chi connectivity index (χ0) is 60.1. The van der Waals surface area contributed by atoms with Gasteiger partial charge in [-0.05, 0) is 164 Å². The van der Waals surface area contributed by atoms with Crippen LogP contribution in [0.5, 0.6) is 0 Å². The van der Waals surface area contributed by atoms with Crippen molar-refractivity contribution in [3.05, 3.63) is 196 Å². The standard InChI is InChI=1S/C53H12Br8Cl2F8N4O8/c54-26-18-19(27(55)31(59)30(26)58)47(77)16(46(18)76)14-3-1-10-42(72-14)12(62)6-8(44(10)74-50(80)22-23(51(74)81)35(65)39(69)38(68)34(22)64)5-9-7-13(63)43-11(45(9)75-52(82)24-25(53(75)83)37(67)41(71)40(70)36(24)66)2-4-15(73-43)17-48(78)20-21(49(17)79)29(57)33(61)32(60)28(20)56/h1-4,6-8,16-17,44H,5H2. The SMILES string of the molecule is O=C1c2c(Br)c(Br)c(Br)c(Br)c2C(=O)C1c1ccc2c(n1)C(Cl)=CC(Cc1cc(Cl)c3nc(C4C(=O)c5c(Br)c(Br)c(Br)c(Br)c5C4=O)ccc3c1N1C(=O)c3c(F)c(F)c(F)c(F)c3C1=O)C2N1C(=O)c2c(F)c(F)c(F)c(F)c2C1=O. The van der Waals surface area contributed by atoms with Crippen molar-refractivity contribution >= 4 is 219 Å². The molecule has 83 heavy (non-hydrogen) atoms. The Morgan fingerprint density at radius 3 is 1.24 bits per heavy atom. The number of carbonyl (C=O) groups excluding carboxylic acids is 8. The average Bonchev–Trinajstić information content (AvgIpc) is 1.80. The molecule has 0 saturated heterocycles. The third-order valence-electron chi connectivity index (χ3n) is 14.6. The van der Waals surface area contributed by atoms with E-state index in [0.29, 0.717) is 17.9 Å². The summed E-state index contributed by atoms with van der Waals surface area (Å²) in [6.07, 6.45) is 0.285. The van der Waals surface area contributed by atoms with Crippen LogP contribution in [0.4, 0.5) is 40.8 Å². The number of Topliss-reactive ketones (excluding diaryl/α,β-unsaturated/α-hetero) is 4. The summed E-state index contributed by atoms with van der Waals surface area (Å²) in [7, 11) is 0. The summed E-state index contributed by atoms with van der Waals surface area (Å²) in [5.41, 5.74) is -9.17. The van der Waals surface area contributed by atoms with E-state index in [1.54, 1.807) is 0 Å². The summed E-state index contributed by atoms with van der Waals surface area (Å²) >= 11 is 40.8. The number of hydrogen-bond donors (Lipinski definition) is 0. The number of carbonyl (C=O) groups is 8. The highest BCUT2D eigenvalue weighted by molar-refractivity contribution is 9.15. The molecule has 2 aliphatic heterocycles. The smallest absolute Gasteiger partial charge is 0.269 e. The fraction of sp³-hybridized carbons (Fsp3) is 0.0943. The quantitative estimate of drug-likeness (QED) is 0.0513. The Morgan fingerprint density at radius 2 is 0.831 bits per heavy atom. The highest BCUT2D eigenvalue weighted by Crippen LogP contribution is 2.53. The number of pyridine rings is 2. The van der Waals surface area contributed by atoms with Crippen LogP contribution in [0.25, 0.3) is 15.9 Å². The van der Waals surface area contributed by atoms with Crippen LogP contribution in [0.15, 0.2) is 72.2 Å². The molecular weight excluding hydrogens is 1680 g/mol. The number of rotatable bonds is 6. The lowest BCUT2D eigenvalue weighted by molar-refractivity contribution is 0.0537. The van der Waals surface area contributed by atoms with E-state index in [4.69, 9.17) is 23.2 Å². The maximum Gasteiger partial charge on any atom is 0.269 e. The Bertz CT molecular complexity index is 4370. The van der Waals surface area contributed by atoms with Gasteiger partial charge >= 0.3 is 0 Å². The second-order valence-corrected chi connectivity index (χ2v) is 25.9. The molecule has 5 aromatic carbocycles. The second-order valence-electron chi connectivity index (χ2n) is 18.8. The van der Waals surface area contributed by atoms with Crippen LogP contribution < -0.4 is 4.90 Å². The molecule has 0 spiro atoms. The Kier molecular flexibility index (Phi) is 14.4. The lowest BCUT2D eigenvalue weighted by Crippen LogP contribution is -2.40. The van der Waals surface area contributed by atoms with Crippen molar-refractivity contribution in [1.29, 1.82) is 0 Å². The number of aromatic nitrogens is 2. The number of anilines is 1. The van der Waals surface area contributed by atoms with Gasteiger partial charge in [-0.1, -0.05) is 35.3 Å². The largest absolute Gasteiger partial charge is 0.293 e. The van der Waals surface area contributed by atoms with Crippen molar-refractivity contribution in [3.8, 4) is 0 Å². The van der Waals surface area contributed by atoms with Gasteiger partial charge in [0.2, 0.25) is 0 Å². The molecule has 4 heterocycles. The molecule has 7 aromatic rings. The van der Waals surface area contributed by atoms with E-state index in [9.17, 15) is 55.9 Å². The minimum Gasteiger partial charge on any atom is -0.293 e. The predicted octanol–water partition coefficient (Wildman–Crippen LogP) is 16.4. The number of fused-ring (bicyclic) bond motifs is 6. The second kappa shape index (κ2) is 20.4. The molecule has 2 aromatic heterocycles. The van der Waals surface area contributed by atoms with Gasteiger partial charge in [-0.2, -0.15) is 0 Å². The number of ketones is 4. The van der Waals surface area contributed by atoms with Gasteiger partial charge in [0.05, 0.1) is 66.6 Å². The third-order valence-corrected chi connectivity index (χ3v) is 24.7. The van der Waals surface area contributed by atoms with Crippen LogP contribution in [0, 0.1) is 52.5 Å². The number of imide groups is 2. The van der Waals surface area contributed by atoms with E-state index in [1.165, 1.54) is 0 Å². The Hall–Kier alpha value is -4.78. The van der Waals surface area contributed by atoms with Crippen molar-refractivity contribution in [2.75, 3.05) is 4.90 Å². The number of benzene rings is 5. The van der Waals surface area contributed by atoms with Crippen LogP contribution >= 0.6 is 151 Å². The average molecular weight is 1690 g/mol. The monoisotopic (exact) mass is 1690 g/mol. The van der Waals surface area contributed by atoms with Crippen molar-refractivity contribution in [2.24, 2.45) is 5.92 Å². The van der Waals surface area contributed by atoms with Gasteiger partial charge in [-0.3, -0.25) is 48.2 Å². The zero-order valence-electron chi connectivity index (χ0n) is 39.3. The summed E-state index contributed by atoms with van der Waals surface area (Å²) in [6, 6.07) is 3.49. The minimum atomic E-state index is -2.47. The summed E-state index contributed by atoms with van der Waals surface area (Å²) in [6.45, 7) is 0. The summed E-state index contributed by atoms with van der Waals surface area (Å²) < 4.78 is 125. The summed E-state index contributed by atoms with van der Waals surface area (Å²) in [5, 5.41) is -1.22. The zero-order valence-corrected chi connectivity index (χ0v) is 53.5. The summed E-state index contributed by atoms with van der Waals surface area (Å²) in [4.78, 5) is 124. The molecule has 0 radical (unpaired) electrons. The molecule has 5 aliphatic rings. The first kappa shape index (κ1) is 58.6. The molecule has 0 saturated carbocycles. The van der Waals surface area contributed by atoms with E-state index in [2.05, 4.69) is 137 Å². The lowest BCUT2D eigenvalue weighted by atomic mass is 9.80. The first-order valence-corrected chi connectivity index (χ1v) is 30.0. The lowest BCUT2D eigenvalue weighted by Gasteiger charge is -2.37. The van der Waals surface area contributed by atoms with Crippen LogP contribution in [-0.2, 0) is 6.42 Å². The van der Waals surface area contributed by atoms with E-state index >= 15 is 17.6 Å². The van der Waals surface area contributed by atoms with Gasteiger partial charge in [-0.25, -0.2) is 45.0 Å². The highest BCUT2D eigenvalue weighted by atomic mass is 79.9. The van der Waals surface area contributed by atoms with Crippen molar-refractivity contribution < 1.29 is 73.5 Å². The molecular formula is C53H12Br8Cl2F8N4O8. The highest BCUT2D eigenvalue weighted by Gasteiger charge is 2.53. The van der Waals surface area contributed by atoms with Crippen molar-refractivity contribution in [2.45, 2.75) is 24.3 Å². The van der Waals surface area contributed by atoms with Gasteiger partial charge in [0.1, 0.15) is 11.8 Å². The first-order valence-electron chi connectivity index (χ1n) is 22.9. The minimum absolute atomic E-state index is 0.0555. The molecule has 3 aliphatic carbocycles. The number of halogens is 18. The molecule has 2 atom stereocenters. The molecule has 2 unspecified atom stereocenters. The third kappa shape index (κ3) is 8.03. The van der Waals surface area contributed by atoms with Crippen LogP contribution in [0.3, 0.4) is 0 Å². The van der Waals surface area contributed by atoms with Gasteiger partial charge in [0.15, 0.2) is 69.7 Å². The number of nitrogens with zero attached hydrogens (tertiary/aromatic N) is 4. The molecule has 4 amide bonds. The summed E-state index contributed by atoms with van der Waals surface area (Å²) in [5.74, 6) is -34.0. The van der Waals surface area contributed by atoms with Gasteiger partial charge in [0.25, 0.3) is 23.6 Å². The van der Waals surface area contributed by atoms with Crippen molar-refractivity contribution in [3.63, 3.8) is 0 Å². The molecule has 12 nitrogen and oxygen atoms in total. The van der Waals surface area contributed by atoms with Crippen LogP contribution in [0.2, 0.25) is 5.02 Å². The van der Waals surface area contributed by atoms with E-state index in [0.717, 1.165) is 36.4 Å². The Balaban J connectivity index is 1.05. The van der Waals surface area contributed by atoms with E-state index in [1.807, 2.05) is 0 Å². The fourth-order valence-corrected chi connectivity index (χ4v) is 16.6. The van der Waals surface area contributed by atoms with Gasteiger partial charge < -0.3 is 0 Å². The van der Waals surface area contributed by atoms with Gasteiger partial charge in [0, 0.05) is 74.9 Å². The topological polar surface area (TPSA) is 169 Å². The molecule has 30 heteroatoms. The number of hydrogen-bond acceptors (Lipinski definition) is 10. The normalized spacial score (nSPS) is 17.7. The molecule has 0 N–H and O–H groups in total. The molecule has 0 bridgehead atoms. The molecule has 12 rings (SSSR count). The Labute approximate surface area is 533 Å². The number of amides is 4. The van der Waals surface area contributed by atoms with Gasteiger partial charge in [-0.15, -0.1) is 0 Å². The Morgan fingerprint density at radius 1 is 0.458 bits per heavy atom. The molecule has 0 fully saturated rings. The maximum atomic E-state index is 15.7. The maximum absolute atomic E-state index is 15.7. The fourth-order valence-electron chi connectivity index (χ4n) is 11.0. The first-order chi connectivity index (χ1) is 39.1. The van der Waals surface area contributed by atoms with Crippen LogP contribution in [-0.4, -0.2) is 61.6 Å². The molecule has 418 valence electrons. The van der Waals surface area contributed by atoms with E-state index in [-0.39, 0.29) is 78.2 Å². The van der Waals surface area contributed by atoms with Crippen LogP contribution in [0.1, 0.15) is 129 Å². The van der Waals surface area contributed by atoms with Crippen molar-refractivity contribution in [1.82, 2.24) is 14.9 Å². The van der Waals surface area contributed by atoms with E-state index < -0.39 is 172 Å².